The van der Waals surface area contributed by atoms with E-state index in [0.717, 1.165) is 4.80 Å². The van der Waals surface area contributed by atoms with Crippen molar-refractivity contribution in [1.82, 2.24) is 20.2 Å². The number of halogens is 1. The zero-order chi connectivity index (χ0) is 14.7. The zero-order valence-electron chi connectivity index (χ0n) is 10.6. The maximum Gasteiger partial charge on any atom is 0.330 e. The molecule has 0 fully saturated rings. The van der Waals surface area contributed by atoms with Gasteiger partial charge in [0.15, 0.2) is 6.04 Å². The predicted octanol–water partition coefficient (Wildman–Crippen LogP) is 1.39. The van der Waals surface area contributed by atoms with Crippen molar-refractivity contribution in [3.05, 3.63) is 29.3 Å². The fourth-order valence-electron chi connectivity index (χ4n) is 1.69. The lowest BCUT2D eigenvalue weighted by Gasteiger charge is -2.11. The van der Waals surface area contributed by atoms with Gasteiger partial charge in [-0.15, -0.1) is 15.0 Å². The van der Waals surface area contributed by atoms with Crippen molar-refractivity contribution in [3.63, 3.8) is 0 Å². The Labute approximate surface area is 119 Å². The van der Waals surface area contributed by atoms with Crippen molar-refractivity contribution in [1.29, 1.82) is 0 Å². The van der Waals surface area contributed by atoms with Gasteiger partial charge in [0.1, 0.15) is 0 Å². The molecule has 2 rings (SSSR count). The second-order valence-corrected chi connectivity index (χ2v) is 4.82. The van der Waals surface area contributed by atoms with Gasteiger partial charge < -0.3 is 10.2 Å². The fourth-order valence-corrected chi connectivity index (χ4v) is 1.81. The van der Waals surface area contributed by atoms with Crippen LogP contribution in [-0.2, 0) is 4.79 Å². The molecule has 0 amide bonds. The highest BCUT2D eigenvalue weighted by Gasteiger charge is 2.24. The summed E-state index contributed by atoms with van der Waals surface area (Å²) in [5, 5.41) is 30.6. The van der Waals surface area contributed by atoms with Gasteiger partial charge in [0, 0.05) is 17.0 Å². The van der Waals surface area contributed by atoms with Crippen LogP contribution in [0.15, 0.2) is 24.3 Å². The van der Waals surface area contributed by atoms with E-state index < -0.39 is 18.1 Å². The summed E-state index contributed by atoms with van der Waals surface area (Å²) in [5.41, 5.74) is 0.682. The highest BCUT2D eigenvalue weighted by molar-refractivity contribution is 6.30. The molecular weight excluding hydrogens is 284 g/mol. The van der Waals surface area contributed by atoms with Crippen LogP contribution < -0.4 is 0 Å². The van der Waals surface area contributed by atoms with Gasteiger partial charge in [0.25, 0.3) is 0 Å². The number of tetrazole rings is 1. The molecule has 0 unspecified atom stereocenters. The summed E-state index contributed by atoms with van der Waals surface area (Å²) in [6.07, 6.45) is -0.771. The van der Waals surface area contributed by atoms with Crippen LogP contribution in [0, 0.1) is 0 Å². The molecule has 0 saturated heterocycles. The topological polar surface area (TPSA) is 101 Å². The number of rotatable bonds is 5. The smallest absolute Gasteiger partial charge is 0.330 e. The second-order valence-electron chi connectivity index (χ2n) is 4.38. The first kappa shape index (κ1) is 14.4. The summed E-state index contributed by atoms with van der Waals surface area (Å²) in [6, 6.07) is 5.75. The van der Waals surface area contributed by atoms with Crippen molar-refractivity contribution < 1.29 is 15.0 Å². The first-order chi connectivity index (χ1) is 9.47. The number of aromatic nitrogens is 4. The first-order valence-corrected chi connectivity index (χ1v) is 6.31. The van der Waals surface area contributed by atoms with Crippen LogP contribution in [0.1, 0.15) is 19.4 Å². The maximum atomic E-state index is 11.2. The Bertz CT molecular complexity index is 597. The molecule has 2 aromatic rings. The zero-order valence-corrected chi connectivity index (χ0v) is 11.4. The van der Waals surface area contributed by atoms with Gasteiger partial charge in [-0.1, -0.05) is 11.6 Å². The average molecular weight is 297 g/mol. The standard InChI is InChI=1S/C12H13ClN4O3/c1-7(18)6-10(12(19)20)17-15-11(14-16-17)8-2-4-9(13)5-3-8/h2-5,7,10,18H,6H2,1H3,(H,19,20)/t7-,10-/m1/s1. The van der Waals surface area contributed by atoms with E-state index in [9.17, 15) is 9.90 Å². The first-order valence-electron chi connectivity index (χ1n) is 5.93. The Hall–Kier alpha value is -1.99. The quantitative estimate of drug-likeness (QED) is 0.864. The molecule has 1 aromatic carbocycles. The minimum atomic E-state index is -1.12. The Morgan fingerprint density at radius 1 is 1.40 bits per heavy atom. The van der Waals surface area contributed by atoms with Crippen LogP contribution in [0.25, 0.3) is 11.4 Å². The number of hydrogen-bond donors (Lipinski definition) is 2. The van der Waals surface area contributed by atoms with E-state index in [4.69, 9.17) is 16.7 Å². The fraction of sp³-hybridized carbons (Fsp3) is 0.333. The lowest BCUT2D eigenvalue weighted by Crippen LogP contribution is -2.25. The number of hydrogen-bond acceptors (Lipinski definition) is 5. The minimum Gasteiger partial charge on any atom is -0.480 e. The molecule has 0 bridgehead atoms. The molecule has 106 valence electrons. The Balaban J connectivity index is 2.26. The summed E-state index contributed by atoms with van der Waals surface area (Å²) < 4.78 is 0. The summed E-state index contributed by atoms with van der Waals surface area (Å²) in [7, 11) is 0. The van der Waals surface area contributed by atoms with Crippen molar-refractivity contribution in [2.24, 2.45) is 0 Å². The Morgan fingerprint density at radius 2 is 2.05 bits per heavy atom. The number of benzene rings is 1. The second kappa shape index (κ2) is 5.98. The molecule has 20 heavy (non-hydrogen) atoms. The van der Waals surface area contributed by atoms with Crippen molar-refractivity contribution in [2.45, 2.75) is 25.5 Å². The number of nitrogens with zero attached hydrogens (tertiary/aromatic N) is 4. The lowest BCUT2D eigenvalue weighted by molar-refractivity contribution is -0.142. The van der Waals surface area contributed by atoms with Gasteiger partial charge in [-0.3, -0.25) is 0 Å². The molecule has 0 aliphatic heterocycles. The van der Waals surface area contributed by atoms with Crippen LogP contribution in [-0.4, -0.2) is 42.5 Å². The molecule has 1 heterocycles. The summed E-state index contributed by atoms with van der Waals surface area (Å²) in [4.78, 5) is 12.2. The molecule has 2 atom stereocenters. The van der Waals surface area contributed by atoms with Gasteiger partial charge in [0.2, 0.25) is 5.82 Å². The molecule has 1 aromatic heterocycles. The van der Waals surface area contributed by atoms with E-state index in [1.165, 1.54) is 6.92 Å². The number of aliphatic hydroxyl groups excluding tert-OH is 1. The third kappa shape index (κ3) is 3.31. The number of carboxylic acids is 1. The van der Waals surface area contributed by atoms with Gasteiger partial charge in [-0.25, -0.2) is 4.79 Å². The molecular formula is C12H13ClN4O3. The van der Waals surface area contributed by atoms with Gasteiger partial charge >= 0.3 is 5.97 Å². The average Bonchev–Trinajstić information content (AvgIpc) is 2.85. The number of carboxylic acid groups (broad SMARTS) is 1. The molecule has 2 N–H and O–H groups in total. The minimum absolute atomic E-state index is 0.00571. The SMILES string of the molecule is C[C@@H](O)C[C@H](C(=O)O)n1nnc(-c2ccc(Cl)cc2)n1. The summed E-state index contributed by atoms with van der Waals surface area (Å²) in [6.45, 7) is 1.51. The highest BCUT2D eigenvalue weighted by Crippen LogP contribution is 2.19. The number of aliphatic carboxylic acids is 1. The molecule has 0 aliphatic carbocycles. The molecule has 0 aliphatic rings. The Kier molecular flexibility index (Phi) is 4.31. The number of aliphatic hydroxyl groups is 1. The van der Waals surface area contributed by atoms with Crippen LogP contribution in [0.5, 0.6) is 0 Å². The van der Waals surface area contributed by atoms with Gasteiger partial charge in [-0.05, 0) is 36.4 Å². The summed E-state index contributed by atoms with van der Waals surface area (Å²) >= 11 is 5.79. The van der Waals surface area contributed by atoms with Crippen molar-refractivity contribution in [2.75, 3.05) is 0 Å². The van der Waals surface area contributed by atoms with Crippen molar-refractivity contribution >= 4 is 17.6 Å². The van der Waals surface area contributed by atoms with E-state index in [0.29, 0.717) is 16.4 Å². The molecule has 0 spiro atoms. The van der Waals surface area contributed by atoms with E-state index in [1.54, 1.807) is 24.3 Å². The van der Waals surface area contributed by atoms with Gasteiger partial charge in [0.05, 0.1) is 6.10 Å². The third-order valence-corrected chi connectivity index (χ3v) is 2.91. The monoisotopic (exact) mass is 296 g/mol. The summed E-state index contributed by atoms with van der Waals surface area (Å²) in [5.74, 6) is -0.815. The van der Waals surface area contributed by atoms with E-state index >= 15 is 0 Å². The van der Waals surface area contributed by atoms with Crippen molar-refractivity contribution in [3.8, 4) is 11.4 Å². The largest absolute Gasteiger partial charge is 0.480 e. The van der Waals surface area contributed by atoms with Crippen LogP contribution in [0.2, 0.25) is 5.02 Å². The molecule has 0 radical (unpaired) electrons. The number of carbonyl (C=O) groups is 1. The van der Waals surface area contributed by atoms with Crippen LogP contribution >= 0.6 is 11.6 Å². The maximum absolute atomic E-state index is 11.2. The normalized spacial score (nSPS) is 13.9. The van der Waals surface area contributed by atoms with Crippen LogP contribution in [0.3, 0.4) is 0 Å². The third-order valence-electron chi connectivity index (χ3n) is 2.66. The molecule has 0 saturated carbocycles. The van der Waals surface area contributed by atoms with E-state index in [1.807, 2.05) is 0 Å². The predicted molar refractivity (Wildman–Crippen MR) is 71.2 cm³/mol. The highest BCUT2D eigenvalue weighted by atomic mass is 35.5. The molecule has 8 heteroatoms. The van der Waals surface area contributed by atoms with Crippen LogP contribution in [0.4, 0.5) is 0 Å². The lowest BCUT2D eigenvalue weighted by atomic mass is 10.1. The molecule has 7 nitrogen and oxygen atoms in total. The van der Waals surface area contributed by atoms with E-state index in [2.05, 4.69) is 15.4 Å². The van der Waals surface area contributed by atoms with Gasteiger partial charge in [-0.2, -0.15) is 0 Å². The Morgan fingerprint density at radius 3 is 2.60 bits per heavy atom. The van der Waals surface area contributed by atoms with E-state index in [-0.39, 0.29) is 6.42 Å².